The molecule has 92 valence electrons. The Balaban J connectivity index is 2.03. The zero-order valence-corrected chi connectivity index (χ0v) is 9.98. The van der Waals surface area contributed by atoms with Crippen LogP contribution < -0.4 is 0 Å². The van der Waals surface area contributed by atoms with E-state index in [2.05, 4.69) is 4.90 Å². The van der Waals surface area contributed by atoms with Crippen molar-refractivity contribution in [3.05, 3.63) is 12.3 Å². The van der Waals surface area contributed by atoms with Gasteiger partial charge in [0.05, 0.1) is 18.9 Å². The molecule has 1 fully saturated rings. The first-order chi connectivity index (χ1) is 7.83. The summed E-state index contributed by atoms with van der Waals surface area (Å²) in [5, 5.41) is 0. The molecule has 0 aromatic heterocycles. The molecule has 1 aliphatic rings. The normalized spacial score (nSPS) is 17.6. The number of nitrogens with zero attached hydrogens (tertiary/aromatic N) is 1. The van der Waals surface area contributed by atoms with Crippen molar-refractivity contribution in [1.82, 2.24) is 4.90 Å². The van der Waals surface area contributed by atoms with Gasteiger partial charge >= 0.3 is 5.97 Å². The average Bonchev–Trinajstić information content (AvgIpc) is 2.31. The number of rotatable bonds is 6. The van der Waals surface area contributed by atoms with Gasteiger partial charge in [-0.25, -0.2) is 4.79 Å². The van der Waals surface area contributed by atoms with E-state index in [0.717, 1.165) is 19.6 Å². The van der Waals surface area contributed by atoms with E-state index in [0.29, 0.717) is 13.2 Å². The third-order valence-corrected chi connectivity index (χ3v) is 2.57. The summed E-state index contributed by atoms with van der Waals surface area (Å²) in [6.45, 7) is 6.01. The molecular weight excluding hydrogens is 206 g/mol. The number of ether oxygens (including phenoxy) is 2. The molecule has 0 aromatic carbocycles. The van der Waals surface area contributed by atoms with Crippen molar-refractivity contribution in [3.8, 4) is 0 Å². The predicted molar refractivity (Wildman–Crippen MR) is 62.0 cm³/mol. The van der Waals surface area contributed by atoms with Crippen molar-refractivity contribution in [2.45, 2.75) is 26.2 Å². The lowest BCUT2D eigenvalue weighted by Gasteiger charge is -2.25. The summed E-state index contributed by atoms with van der Waals surface area (Å²) in [6.07, 6.45) is 6.55. The maximum absolute atomic E-state index is 11.2. The monoisotopic (exact) mass is 227 g/mol. The number of likely N-dealkylation sites (tertiary alicyclic amines) is 1. The fourth-order valence-corrected chi connectivity index (χ4v) is 1.71. The molecule has 0 unspecified atom stereocenters. The van der Waals surface area contributed by atoms with Crippen LogP contribution in [0.2, 0.25) is 0 Å². The Morgan fingerprint density at radius 2 is 2.06 bits per heavy atom. The van der Waals surface area contributed by atoms with E-state index in [1.807, 2.05) is 6.92 Å². The molecule has 4 heteroatoms. The van der Waals surface area contributed by atoms with E-state index >= 15 is 0 Å². The van der Waals surface area contributed by atoms with E-state index < -0.39 is 0 Å². The molecule has 4 nitrogen and oxygen atoms in total. The van der Waals surface area contributed by atoms with Gasteiger partial charge in [-0.2, -0.15) is 0 Å². The second-order valence-electron chi connectivity index (χ2n) is 3.83. The van der Waals surface area contributed by atoms with E-state index in [-0.39, 0.29) is 5.97 Å². The molecule has 0 bridgehead atoms. The predicted octanol–water partition coefficient (Wildman–Crippen LogP) is 1.57. The number of hydrogen-bond donors (Lipinski definition) is 0. The first kappa shape index (κ1) is 13.0. The largest absolute Gasteiger partial charge is 0.501 e. The Kier molecular flexibility index (Phi) is 6.65. The first-order valence-electron chi connectivity index (χ1n) is 6.00. The fourth-order valence-electron chi connectivity index (χ4n) is 1.71. The van der Waals surface area contributed by atoms with Gasteiger partial charge in [-0.1, -0.05) is 6.42 Å². The molecule has 1 saturated heterocycles. The minimum atomic E-state index is -0.328. The van der Waals surface area contributed by atoms with Gasteiger partial charge in [0.1, 0.15) is 6.61 Å². The van der Waals surface area contributed by atoms with Crippen LogP contribution >= 0.6 is 0 Å². The van der Waals surface area contributed by atoms with Crippen molar-refractivity contribution in [2.75, 3.05) is 32.8 Å². The Labute approximate surface area is 97.2 Å². The molecule has 0 spiro atoms. The highest BCUT2D eigenvalue weighted by molar-refractivity contribution is 5.81. The van der Waals surface area contributed by atoms with Gasteiger partial charge in [-0.05, 0) is 32.9 Å². The van der Waals surface area contributed by atoms with Crippen LogP contribution in [0.15, 0.2) is 12.3 Å². The van der Waals surface area contributed by atoms with Crippen LogP contribution in [0, 0.1) is 0 Å². The average molecular weight is 227 g/mol. The molecule has 1 heterocycles. The fraction of sp³-hybridized carbons (Fsp3) is 0.750. The van der Waals surface area contributed by atoms with E-state index in [1.54, 1.807) is 0 Å². The summed E-state index contributed by atoms with van der Waals surface area (Å²) in [4.78, 5) is 13.5. The number of carbonyl (C=O) groups is 1. The molecule has 16 heavy (non-hydrogen) atoms. The van der Waals surface area contributed by atoms with Gasteiger partial charge in [0.15, 0.2) is 0 Å². The van der Waals surface area contributed by atoms with E-state index in [1.165, 1.54) is 31.6 Å². The summed E-state index contributed by atoms with van der Waals surface area (Å²) in [5.41, 5.74) is 0. The van der Waals surface area contributed by atoms with Crippen molar-refractivity contribution >= 4 is 5.97 Å². The summed E-state index contributed by atoms with van der Waals surface area (Å²) < 4.78 is 9.95. The Bertz CT molecular complexity index is 222. The SMILES string of the molecule is CCOC=CC(=O)OCCN1CCCCC1. The van der Waals surface area contributed by atoms with Gasteiger partial charge in [-0.3, -0.25) is 4.90 Å². The highest BCUT2D eigenvalue weighted by Crippen LogP contribution is 2.07. The van der Waals surface area contributed by atoms with Crippen LogP contribution in [0.3, 0.4) is 0 Å². The summed E-state index contributed by atoms with van der Waals surface area (Å²) >= 11 is 0. The summed E-state index contributed by atoms with van der Waals surface area (Å²) in [5.74, 6) is -0.328. The second-order valence-corrected chi connectivity index (χ2v) is 3.83. The topological polar surface area (TPSA) is 38.8 Å². The number of carbonyl (C=O) groups excluding carboxylic acids is 1. The van der Waals surface area contributed by atoms with Gasteiger partial charge in [0.2, 0.25) is 0 Å². The third-order valence-electron chi connectivity index (χ3n) is 2.57. The van der Waals surface area contributed by atoms with Crippen LogP contribution in [-0.2, 0) is 14.3 Å². The molecule has 0 atom stereocenters. The van der Waals surface area contributed by atoms with E-state index in [4.69, 9.17) is 9.47 Å². The molecule has 0 amide bonds. The maximum atomic E-state index is 11.2. The third kappa shape index (κ3) is 5.75. The number of hydrogen-bond acceptors (Lipinski definition) is 4. The number of piperidine rings is 1. The molecule has 0 saturated carbocycles. The van der Waals surface area contributed by atoms with Gasteiger partial charge in [-0.15, -0.1) is 0 Å². The van der Waals surface area contributed by atoms with Crippen LogP contribution in [0.1, 0.15) is 26.2 Å². The van der Waals surface area contributed by atoms with Crippen molar-refractivity contribution in [2.24, 2.45) is 0 Å². The smallest absolute Gasteiger partial charge is 0.333 e. The van der Waals surface area contributed by atoms with Crippen LogP contribution in [0.25, 0.3) is 0 Å². The van der Waals surface area contributed by atoms with E-state index in [9.17, 15) is 4.79 Å². The zero-order chi connectivity index (χ0) is 11.6. The minimum Gasteiger partial charge on any atom is -0.501 e. The molecule has 0 aliphatic carbocycles. The number of esters is 1. The molecule has 0 radical (unpaired) electrons. The Hall–Kier alpha value is -1.03. The first-order valence-corrected chi connectivity index (χ1v) is 6.00. The highest BCUT2D eigenvalue weighted by atomic mass is 16.5. The summed E-state index contributed by atoms with van der Waals surface area (Å²) in [7, 11) is 0. The lowest BCUT2D eigenvalue weighted by molar-refractivity contribution is -0.138. The van der Waals surface area contributed by atoms with Gasteiger partial charge in [0, 0.05) is 6.54 Å². The summed E-state index contributed by atoms with van der Waals surface area (Å²) in [6, 6.07) is 0. The van der Waals surface area contributed by atoms with Crippen molar-refractivity contribution in [1.29, 1.82) is 0 Å². The Morgan fingerprint density at radius 3 is 2.75 bits per heavy atom. The molecule has 0 aromatic rings. The van der Waals surface area contributed by atoms with Gasteiger partial charge < -0.3 is 9.47 Å². The van der Waals surface area contributed by atoms with Crippen LogP contribution in [0.4, 0.5) is 0 Å². The molecule has 1 rings (SSSR count). The van der Waals surface area contributed by atoms with Crippen molar-refractivity contribution < 1.29 is 14.3 Å². The van der Waals surface area contributed by atoms with Crippen molar-refractivity contribution in [3.63, 3.8) is 0 Å². The highest BCUT2D eigenvalue weighted by Gasteiger charge is 2.09. The second kappa shape index (κ2) is 8.16. The Morgan fingerprint density at radius 1 is 1.31 bits per heavy atom. The molecule has 0 N–H and O–H groups in total. The standard InChI is InChI=1S/C12H21NO3/c1-2-15-10-6-12(14)16-11-9-13-7-4-3-5-8-13/h6,10H,2-5,7-9,11H2,1H3. The lowest BCUT2D eigenvalue weighted by atomic mass is 10.1. The van der Waals surface area contributed by atoms with Gasteiger partial charge in [0.25, 0.3) is 0 Å². The minimum absolute atomic E-state index is 0.328. The quantitative estimate of drug-likeness (QED) is 0.392. The zero-order valence-electron chi connectivity index (χ0n) is 9.98. The molecule has 1 aliphatic heterocycles. The molecular formula is C12H21NO3. The van der Waals surface area contributed by atoms with Crippen LogP contribution in [0.5, 0.6) is 0 Å². The van der Waals surface area contributed by atoms with Crippen LogP contribution in [-0.4, -0.2) is 43.7 Å². The lowest BCUT2D eigenvalue weighted by Crippen LogP contribution is -2.33. The maximum Gasteiger partial charge on any atom is 0.333 e.